The van der Waals surface area contributed by atoms with Crippen molar-refractivity contribution in [2.75, 3.05) is 19.7 Å². The number of nitrogens with zero attached hydrogens (tertiary/aromatic N) is 1. The molecule has 206 valence electrons. The zero-order valence-electron chi connectivity index (χ0n) is 20.3. The highest BCUT2D eigenvalue weighted by Crippen LogP contribution is 2.45. The standard InChI is InChI=1S/C25H27BrF2N2O6S2/c26-21-6-5-18(11-23(21)28)38(34,35)30-9-7-15(8-10-30)14-36-24-13-22(27)20(12-19(24)16-1-2-16)25(31)29-37(32,33)17-3-4-17/h5-6,11-13,15-17H,1-4,7-10,14H2,(H,29,31). The number of ether oxygens (including phenoxy) is 1. The van der Waals surface area contributed by atoms with E-state index in [1.54, 1.807) is 0 Å². The number of rotatable bonds is 9. The monoisotopic (exact) mass is 632 g/mol. The highest BCUT2D eigenvalue weighted by molar-refractivity contribution is 9.10. The quantitative estimate of drug-likeness (QED) is 0.441. The second-order valence-electron chi connectivity index (χ2n) is 10.1. The van der Waals surface area contributed by atoms with Gasteiger partial charge < -0.3 is 4.74 Å². The summed E-state index contributed by atoms with van der Waals surface area (Å²) in [5.74, 6) is -2.06. The summed E-state index contributed by atoms with van der Waals surface area (Å²) in [4.78, 5) is 12.4. The fraction of sp³-hybridized carbons (Fsp3) is 0.480. The molecule has 2 aliphatic carbocycles. The lowest BCUT2D eigenvalue weighted by atomic mass is 9.99. The summed E-state index contributed by atoms with van der Waals surface area (Å²) >= 11 is 3.02. The lowest BCUT2D eigenvalue weighted by Gasteiger charge is -2.31. The average molecular weight is 634 g/mol. The molecule has 0 radical (unpaired) electrons. The maximum absolute atomic E-state index is 14.9. The summed E-state index contributed by atoms with van der Waals surface area (Å²) in [6.45, 7) is 0.723. The second kappa shape index (κ2) is 10.5. The van der Waals surface area contributed by atoms with Gasteiger partial charge in [0.2, 0.25) is 20.0 Å². The Labute approximate surface area is 229 Å². The predicted molar refractivity (Wildman–Crippen MR) is 139 cm³/mol. The van der Waals surface area contributed by atoms with E-state index >= 15 is 0 Å². The first kappa shape index (κ1) is 27.5. The van der Waals surface area contributed by atoms with Gasteiger partial charge in [-0.25, -0.2) is 30.3 Å². The molecule has 1 amide bonds. The number of carbonyl (C=O) groups excluding carboxylic acids is 1. The first-order chi connectivity index (χ1) is 18.0. The van der Waals surface area contributed by atoms with E-state index in [-0.39, 0.29) is 46.5 Å². The molecule has 1 saturated heterocycles. The predicted octanol–water partition coefficient (Wildman–Crippen LogP) is 4.31. The van der Waals surface area contributed by atoms with Crippen molar-refractivity contribution in [3.8, 4) is 5.75 Å². The molecule has 3 aliphatic rings. The van der Waals surface area contributed by atoms with Crippen molar-refractivity contribution in [3.63, 3.8) is 0 Å². The van der Waals surface area contributed by atoms with Gasteiger partial charge in [0.05, 0.1) is 26.8 Å². The molecule has 1 heterocycles. The van der Waals surface area contributed by atoms with Gasteiger partial charge in [-0.1, -0.05) is 0 Å². The van der Waals surface area contributed by atoms with Crippen molar-refractivity contribution < 1.29 is 35.1 Å². The number of amides is 1. The zero-order valence-corrected chi connectivity index (χ0v) is 23.5. The van der Waals surface area contributed by atoms with Gasteiger partial charge >= 0.3 is 0 Å². The fourth-order valence-electron chi connectivity index (χ4n) is 4.54. The molecule has 13 heteroatoms. The largest absolute Gasteiger partial charge is 0.493 e. The van der Waals surface area contributed by atoms with Gasteiger partial charge in [0, 0.05) is 19.2 Å². The summed E-state index contributed by atoms with van der Waals surface area (Å²) in [6, 6.07) is 6.23. The Morgan fingerprint density at radius 1 is 0.974 bits per heavy atom. The van der Waals surface area contributed by atoms with Crippen molar-refractivity contribution in [1.29, 1.82) is 0 Å². The van der Waals surface area contributed by atoms with Crippen LogP contribution in [0.2, 0.25) is 0 Å². The summed E-state index contributed by atoms with van der Waals surface area (Å²) in [5, 5.41) is -0.600. The maximum Gasteiger partial charge on any atom is 0.267 e. The number of hydrogen-bond acceptors (Lipinski definition) is 6. The molecule has 38 heavy (non-hydrogen) atoms. The molecule has 1 N–H and O–H groups in total. The third kappa shape index (κ3) is 5.90. The molecule has 0 atom stereocenters. The van der Waals surface area contributed by atoms with Crippen LogP contribution < -0.4 is 9.46 Å². The highest BCUT2D eigenvalue weighted by atomic mass is 79.9. The minimum Gasteiger partial charge on any atom is -0.493 e. The van der Waals surface area contributed by atoms with Crippen molar-refractivity contribution in [3.05, 3.63) is 57.6 Å². The smallest absolute Gasteiger partial charge is 0.267 e. The van der Waals surface area contributed by atoms with Gasteiger partial charge in [-0.3, -0.25) is 4.79 Å². The van der Waals surface area contributed by atoms with Crippen LogP contribution in [0.1, 0.15) is 60.4 Å². The first-order valence-electron chi connectivity index (χ1n) is 12.4. The summed E-state index contributed by atoms with van der Waals surface area (Å²) in [6.07, 6.45) is 3.71. The number of carbonyl (C=O) groups is 1. The number of nitrogens with one attached hydrogen (secondary N) is 1. The SMILES string of the molecule is O=C(NS(=O)(=O)C1CC1)c1cc(C2CC2)c(OCC2CCN(S(=O)(=O)c3ccc(Br)c(F)c3)CC2)cc1F. The van der Waals surface area contributed by atoms with Crippen molar-refractivity contribution in [1.82, 2.24) is 9.03 Å². The lowest BCUT2D eigenvalue weighted by molar-refractivity contribution is 0.0977. The van der Waals surface area contributed by atoms with Crippen LogP contribution in [0.3, 0.4) is 0 Å². The molecule has 0 unspecified atom stereocenters. The third-order valence-corrected chi connectivity index (χ3v) is 11.5. The van der Waals surface area contributed by atoms with Gasteiger partial charge in [-0.15, -0.1) is 0 Å². The third-order valence-electron chi connectivity index (χ3n) is 7.14. The van der Waals surface area contributed by atoms with Gasteiger partial charge in [-0.2, -0.15) is 4.31 Å². The van der Waals surface area contributed by atoms with Crippen LogP contribution >= 0.6 is 15.9 Å². The number of sulfonamides is 2. The highest BCUT2D eigenvalue weighted by Gasteiger charge is 2.38. The fourth-order valence-corrected chi connectivity index (χ4v) is 7.56. The van der Waals surface area contributed by atoms with E-state index in [4.69, 9.17) is 4.74 Å². The van der Waals surface area contributed by atoms with Crippen molar-refractivity contribution in [2.45, 2.75) is 54.6 Å². The van der Waals surface area contributed by atoms with Gasteiger partial charge in [0.1, 0.15) is 17.4 Å². The van der Waals surface area contributed by atoms with E-state index in [1.165, 1.54) is 22.5 Å². The van der Waals surface area contributed by atoms with Crippen LogP contribution in [-0.4, -0.2) is 52.0 Å². The molecule has 3 fully saturated rings. The van der Waals surface area contributed by atoms with E-state index in [9.17, 15) is 30.4 Å². The van der Waals surface area contributed by atoms with Gasteiger partial charge in [0.25, 0.3) is 5.91 Å². The zero-order chi connectivity index (χ0) is 27.2. The van der Waals surface area contributed by atoms with Crippen molar-refractivity contribution in [2.24, 2.45) is 5.92 Å². The van der Waals surface area contributed by atoms with E-state index in [2.05, 4.69) is 15.9 Å². The van der Waals surface area contributed by atoms with E-state index in [0.29, 0.717) is 37.0 Å². The molecule has 2 saturated carbocycles. The first-order valence-corrected chi connectivity index (χ1v) is 16.2. The Balaban J connectivity index is 1.22. The van der Waals surface area contributed by atoms with E-state index in [0.717, 1.165) is 25.0 Å². The number of hydrogen-bond donors (Lipinski definition) is 1. The van der Waals surface area contributed by atoms with Crippen LogP contribution in [0.5, 0.6) is 5.75 Å². The Hall–Kier alpha value is -2.09. The van der Waals surface area contributed by atoms with E-state index in [1.807, 2.05) is 4.72 Å². The molecule has 8 nitrogen and oxygen atoms in total. The lowest BCUT2D eigenvalue weighted by Crippen LogP contribution is -2.39. The van der Waals surface area contributed by atoms with E-state index < -0.39 is 42.8 Å². The Morgan fingerprint density at radius 2 is 1.66 bits per heavy atom. The second-order valence-corrected chi connectivity index (χ2v) is 14.8. The van der Waals surface area contributed by atoms with Crippen molar-refractivity contribution >= 4 is 41.9 Å². The number of halogens is 3. The Kier molecular flexibility index (Phi) is 7.57. The van der Waals surface area contributed by atoms with Crippen LogP contribution in [-0.2, 0) is 20.0 Å². The molecule has 2 aromatic rings. The number of benzene rings is 2. The minimum atomic E-state index is -3.83. The topological polar surface area (TPSA) is 110 Å². The van der Waals surface area contributed by atoms with Gasteiger partial charge in [-0.05, 0) is 96.1 Å². The summed E-state index contributed by atoms with van der Waals surface area (Å²) in [5.41, 5.74) is 0.337. The normalized spacial score (nSPS) is 19.3. The molecular formula is C25H27BrF2N2O6S2. The molecule has 1 aliphatic heterocycles. The molecular weight excluding hydrogens is 606 g/mol. The molecule has 0 spiro atoms. The van der Waals surface area contributed by atoms with Crippen LogP contribution in [0.25, 0.3) is 0 Å². The van der Waals surface area contributed by atoms with Gasteiger partial charge in [0.15, 0.2) is 0 Å². The minimum absolute atomic E-state index is 0.0184. The number of piperidine rings is 1. The Morgan fingerprint density at radius 3 is 2.26 bits per heavy atom. The molecule has 0 aromatic heterocycles. The summed E-state index contributed by atoms with van der Waals surface area (Å²) in [7, 11) is -7.64. The van der Waals surface area contributed by atoms with Crippen LogP contribution in [0, 0.1) is 17.6 Å². The molecule has 0 bridgehead atoms. The maximum atomic E-state index is 14.9. The average Bonchev–Trinajstić information content (AvgIpc) is 3.76. The molecule has 5 rings (SSSR count). The molecule has 2 aromatic carbocycles. The van der Waals surface area contributed by atoms with Crippen LogP contribution in [0.15, 0.2) is 39.7 Å². The summed E-state index contributed by atoms with van der Waals surface area (Å²) < 4.78 is 88.3. The van der Waals surface area contributed by atoms with Crippen LogP contribution in [0.4, 0.5) is 8.78 Å². The Bertz CT molecular complexity index is 1470.